The second-order valence-corrected chi connectivity index (χ2v) is 5.12. The van der Waals surface area contributed by atoms with E-state index in [-0.39, 0.29) is 6.54 Å². The number of aromatic nitrogens is 2. The third-order valence-electron chi connectivity index (χ3n) is 3.38. The average Bonchev–Trinajstić information content (AvgIpc) is 3.09. The summed E-state index contributed by atoms with van der Waals surface area (Å²) in [6.45, 7) is 0.175. The first-order valence-electron chi connectivity index (χ1n) is 7.20. The first kappa shape index (κ1) is 16.5. The third-order valence-corrected chi connectivity index (χ3v) is 3.38. The van der Waals surface area contributed by atoms with E-state index < -0.39 is 11.7 Å². The highest BCUT2D eigenvalue weighted by atomic mass is 19.4. The summed E-state index contributed by atoms with van der Waals surface area (Å²) < 4.78 is 43.0. The van der Waals surface area contributed by atoms with E-state index in [1.165, 1.54) is 12.1 Å². The van der Waals surface area contributed by atoms with E-state index in [0.29, 0.717) is 28.6 Å². The summed E-state index contributed by atoms with van der Waals surface area (Å²) in [6.07, 6.45) is -4.36. The highest BCUT2D eigenvalue weighted by molar-refractivity contribution is 5.54. The van der Waals surface area contributed by atoms with Crippen molar-refractivity contribution in [2.45, 2.75) is 12.7 Å². The Bertz CT molecular complexity index is 893. The van der Waals surface area contributed by atoms with Gasteiger partial charge in [-0.25, -0.2) is 0 Å². The van der Waals surface area contributed by atoms with Crippen LogP contribution in [0.2, 0.25) is 0 Å². The van der Waals surface area contributed by atoms with Crippen LogP contribution < -0.4 is 5.32 Å². The fraction of sp³-hybridized carbons (Fsp3) is 0.118. The molecule has 0 unspecified atom stereocenters. The zero-order valence-electron chi connectivity index (χ0n) is 12.7. The van der Waals surface area contributed by atoms with E-state index in [1.807, 2.05) is 6.07 Å². The van der Waals surface area contributed by atoms with Gasteiger partial charge in [0.2, 0.25) is 11.8 Å². The van der Waals surface area contributed by atoms with Crippen molar-refractivity contribution in [1.82, 2.24) is 10.2 Å². The minimum atomic E-state index is -4.36. The largest absolute Gasteiger partial charge is 0.419 e. The van der Waals surface area contributed by atoms with Crippen molar-refractivity contribution in [3.63, 3.8) is 0 Å². The summed E-state index contributed by atoms with van der Waals surface area (Å²) >= 11 is 0. The number of hydrogen-bond donors (Lipinski definition) is 1. The van der Waals surface area contributed by atoms with Gasteiger partial charge < -0.3 is 9.73 Å². The number of halogens is 3. The zero-order chi connectivity index (χ0) is 17.9. The van der Waals surface area contributed by atoms with Gasteiger partial charge in [0.05, 0.1) is 23.7 Å². The van der Waals surface area contributed by atoms with Gasteiger partial charge in [-0.05, 0) is 48.5 Å². The lowest BCUT2D eigenvalue weighted by Crippen LogP contribution is -2.05. The molecule has 0 aliphatic carbocycles. The molecule has 0 aliphatic rings. The summed E-state index contributed by atoms with van der Waals surface area (Å²) in [5.41, 5.74) is 0.991. The van der Waals surface area contributed by atoms with Crippen molar-refractivity contribution in [3.05, 3.63) is 65.5 Å². The maximum absolute atomic E-state index is 12.5. The van der Waals surface area contributed by atoms with Gasteiger partial charge in [0.15, 0.2) is 0 Å². The van der Waals surface area contributed by atoms with Gasteiger partial charge in [-0.2, -0.15) is 18.4 Å². The quantitative estimate of drug-likeness (QED) is 0.766. The maximum atomic E-state index is 12.5. The van der Waals surface area contributed by atoms with Gasteiger partial charge in [0.25, 0.3) is 0 Å². The van der Waals surface area contributed by atoms with Crippen LogP contribution >= 0.6 is 0 Å². The highest BCUT2D eigenvalue weighted by Crippen LogP contribution is 2.29. The highest BCUT2D eigenvalue weighted by Gasteiger charge is 2.29. The van der Waals surface area contributed by atoms with E-state index in [4.69, 9.17) is 9.68 Å². The van der Waals surface area contributed by atoms with E-state index in [0.717, 1.165) is 12.1 Å². The van der Waals surface area contributed by atoms with Gasteiger partial charge in [-0.15, -0.1) is 10.2 Å². The molecule has 3 rings (SSSR count). The Hall–Kier alpha value is -3.34. The first-order valence-corrected chi connectivity index (χ1v) is 7.20. The Labute approximate surface area is 140 Å². The Kier molecular flexibility index (Phi) is 4.39. The molecular weight excluding hydrogens is 333 g/mol. The van der Waals surface area contributed by atoms with Crippen molar-refractivity contribution >= 4 is 5.69 Å². The smallest absolute Gasteiger partial charge is 0.416 e. The molecule has 0 spiro atoms. The molecule has 25 heavy (non-hydrogen) atoms. The molecule has 1 heterocycles. The zero-order valence-corrected chi connectivity index (χ0v) is 12.7. The number of alkyl halides is 3. The lowest BCUT2D eigenvalue weighted by atomic mass is 10.1. The fourth-order valence-corrected chi connectivity index (χ4v) is 2.08. The molecule has 2 aromatic carbocycles. The van der Waals surface area contributed by atoms with Crippen LogP contribution in [-0.2, 0) is 12.7 Å². The van der Waals surface area contributed by atoms with Crippen molar-refractivity contribution < 1.29 is 17.6 Å². The van der Waals surface area contributed by atoms with Crippen LogP contribution in [0.4, 0.5) is 18.9 Å². The summed E-state index contributed by atoms with van der Waals surface area (Å²) in [5.74, 6) is 0.591. The van der Waals surface area contributed by atoms with Crippen LogP contribution in [-0.4, -0.2) is 10.2 Å². The molecule has 0 atom stereocenters. The second-order valence-electron chi connectivity index (χ2n) is 5.12. The molecule has 0 amide bonds. The second kappa shape index (κ2) is 6.65. The molecule has 3 aromatic rings. The monoisotopic (exact) mass is 344 g/mol. The normalized spacial score (nSPS) is 11.1. The van der Waals surface area contributed by atoms with Gasteiger partial charge in [0.1, 0.15) is 0 Å². The lowest BCUT2D eigenvalue weighted by Gasteiger charge is -2.08. The molecule has 126 valence electrons. The number of hydrogen-bond acceptors (Lipinski definition) is 5. The van der Waals surface area contributed by atoms with Crippen LogP contribution in [0.5, 0.6) is 0 Å². The number of nitrogens with one attached hydrogen (secondary N) is 1. The van der Waals surface area contributed by atoms with Gasteiger partial charge in [-0.3, -0.25) is 0 Å². The molecule has 8 heteroatoms. The Morgan fingerprint density at radius 3 is 2.28 bits per heavy atom. The number of anilines is 1. The molecule has 5 nitrogen and oxygen atoms in total. The number of nitrogens with zero attached hydrogens (tertiary/aromatic N) is 3. The molecule has 0 saturated carbocycles. The molecule has 0 aliphatic heterocycles. The molecule has 0 bridgehead atoms. The standard InChI is InChI=1S/C17H11F3N4O/c18-17(19,20)13-5-7-14(8-6-13)22-10-15-23-24-16(25-15)12-3-1-11(9-21)2-4-12/h1-8,22H,10H2. The third kappa shape index (κ3) is 3.95. The van der Waals surface area contributed by atoms with Gasteiger partial charge in [0, 0.05) is 11.3 Å². The molecular formula is C17H11F3N4O. The van der Waals surface area contributed by atoms with Crippen molar-refractivity contribution in [1.29, 1.82) is 5.26 Å². The molecule has 0 radical (unpaired) electrons. The van der Waals surface area contributed by atoms with Crippen LogP contribution in [0, 0.1) is 11.3 Å². The van der Waals surface area contributed by atoms with E-state index >= 15 is 0 Å². The molecule has 1 aromatic heterocycles. The van der Waals surface area contributed by atoms with Crippen LogP contribution in [0.25, 0.3) is 11.5 Å². The summed E-state index contributed by atoms with van der Waals surface area (Å²) in [4.78, 5) is 0. The van der Waals surface area contributed by atoms with Crippen molar-refractivity contribution in [2.75, 3.05) is 5.32 Å². The van der Waals surface area contributed by atoms with E-state index in [2.05, 4.69) is 15.5 Å². The first-order chi connectivity index (χ1) is 12.0. The predicted molar refractivity (Wildman–Crippen MR) is 83.2 cm³/mol. The summed E-state index contributed by atoms with van der Waals surface area (Å²) in [5, 5.41) is 19.5. The SMILES string of the molecule is N#Cc1ccc(-c2nnc(CNc3ccc(C(F)(F)F)cc3)o2)cc1. The lowest BCUT2D eigenvalue weighted by molar-refractivity contribution is -0.137. The molecule has 1 N–H and O–H groups in total. The van der Waals surface area contributed by atoms with Crippen molar-refractivity contribution in [3.8, 4) is 17.5 Å². The summed E-state index contributed by atoms with van der Waals surface area (Å²) in [6, 6.07) is 13.3. The van der Waals surface area contributed by atoms with Crippen molar-refractivity contribution in [2.24, 2.45) is 0 Å². The Balaban J connectivity index is 1.64. The van der Waals surface area contributed by atoms with Crippen LogP contribution in [0.1, 0.15) is 17.0 Å². The average molecular weight is 344 g/mol. The predicted octanol–water partition coefficient (Wildman–Crippen LogP) is 4.24. The number of benzene rings is 2. The van der Waals surface area contributed by atoms with E-state index in [1.54, 1.807) is 24.3 Å². The summed E-state index contributed by atoms with van der Waals surface area (Å²) in [7, 11) is 0. The topological polar surface area (TPSA) is 74.7 Å². The van der Waals surface area contributed by atoms with E-state index in [9.17, 15) is 13.2 Å². The molecule has 0 saturated heterocycles. The molecule has 0 fully saturated rings. The number of nitriles is 1. The minimum absolute atomic E-state index is 0.175. The Morgan fingerprint density at radius 2 is 1.68 bits per heavy atom. The fourth-order valence-electron chi connectivity index (χ4n) is 2.08. The van der Waals surface area contributed by atoms with Crippen LogP contribution in [0.15, 0.2) is 52.9 Å². The van der Waals surface area contributed by atoms with Gasteiger partial charge in [-0.1, -0.05) is 0 Å². The maximum Gasteiger partial charge on any atom is 0.416 e. The minimum Gasteiger partial charge on any atom is -0.419 e. The van der Waals surface area contributed by atoms with Gasteiger partial charge >= 0.3 is 6.18 Å². The van der Waals surface area contributed by atoms with Crippen LogP contribution in [0.3, 0.4) is 0 Å². The number of rotatable bonds is 4. The Morgan fingerprint density at radius 1 is 1.00 bits per heavy atom.